The third kappa shape index (κ3) is 6.84. The van der Waals surface area contributed by atoms with E-state index < -0.39 is 0 Å². The number of hydrogen-bond acceptors (Lipinski definition) is 4. The highest BCUT2D eigenvalue weighted by Crippen LogP contribution is 2.09. The van der Waals surface area contributed by atoms with Crippen molar-refractivity contribution in [1.29, 1.82) is 0 Å². The third-order valence-electron chi connectivity index (χ3n) is 3.79. The predicted octanol–water partition coefficient (Wildman–Crippen LogP) is 2.63. The molecule has 0 spiro atoms. The van der Waals surface area contributed by atoms with Crippen LogP contribution < -0.4 is 10.6 Å². The second-order valence-electron chi connectivity index (χ2n) is 5.72. The van der Waals surface area contributed by atoms with Crippen molar-refractivity contribution in [3.05, 3.63) is 48.0 Å². The summed E-state index contributed by atoms with van der Waals surface area (Å²) in [6, 6.07) is 10.1. The summed E-state index contributed by atoms with van der Waals surface area (Å²) in [6.45, 7) is 1.86. The maximum Gasteiger partial charge on any atom is 0.407 e. The van der Waals surface area contributed by atoms with Gasteiger partial charge in [-0.25, -0.2) is 4.79 Å². The number of hydrogen-bond donors (Lipinski definition) is 2. The number of nitrogens with one attached hydrogen (secondary N) is 2. The zero-order chi connectivity index (χ0) is 16.3. The van der Waals surface area contributed by atoms with Crippen LogP contribution in [-0.4, -0.2) is 38.4 Å². The van der Waals surface area contributed by atoms with E-state index in [1.54, 1.807) is 7.11 Å². The molecule has 5 nitrogen and oxygen atoms in total. The van der Waals surface area contributed by atoms with Gasteiger partial charge in [0.25, 0.3) is 0 Å². The summed E-state index contributed by atoms with van der Waals surface area (Å²) in [5, 5.41) is 6.30. The van der Waals surface area contributed by atoms with Gasteiger partial charge in [-0.1, -0.05) is 42.5 Å². The highest BCUT2D eigenvalue weighted by molar-refractivity contribution is 5.67. The van der Waals surface area contributed by atoms with E-state index in [0.29, 0.717) is 12.6 Å². The maximum atomic E-state index is 11.8. The smallest absolute Gasteiger partial charge is 0.407 e. The fourth-order valence-corrected chi connectivity index (χ4v) is 2.56. The van der Waals surface area contributed by atoms with Crippen molar-refractivity contribution >= 4 is 6.09 Å². The van der Waals surface area contributed by atoms with E-state index in [4.69, 9.17) is 9.47 Å². The van der Waals surface area contributed by atoms with Crippen molar-refractivity contribution in [3.8, 4) is 0 Å². The van der Waals surface area contributed by atoms with Gasteiger partial charge in [-0.05, 0) is 24.8 Å². The van der Waals surface area contributed by atoms with Gasteiger partial charge in [0, 0.05) is 32.3 Å². The van der Waals surface area contributed by atoms with E-state index in [0.717, 1.165) is 38.0 Å². The molecule has 5 heteroatoms. The molecular weight excluding hydrogens is 292 g/mol. The Morgan fingerprint density at radius 1 is 1.39 bits per heavy atom. The van der Waals surface area contributed by atoms with Gasteiger partial charge in [0.15, 0.2) is 0 Å². The summed E-state index contributed by atoms with van der Waals surface area (Å²) < 4.78 is 10.3. The fraction of sp³-hybridized carbons (Fsp3) is 0.500. The van der Waals surface area contributed by atoms with Crippen LogP contribution in [-0.2, 0) is 16.1 Å². The fourth-order valence-electron chi connectivity index (χ4n) is 2.56. The predicted molar refractivity (Wildman–Crippen MR) is 90.2 cm³/mol. The van der Waals surface area contributed by atoms with Crippen molar-refractivity contribution in [2.24, 2.45) is 0 Å². The minimum absolute atomic E-state index is 0.117. The minimum Gasteiger partial charge on any atom is -0.445 e. The summed E-state index contributed by atoms with van der Waals surface area (Å²) in [7, 11) is 1.72. The number of methoxy groups -OCH3 is 1. The van der Waals surface area contributed by atoms with Gasteiger partial charge in [-0.15, -0.1) is 0 Å². The molecule has 0 saturated carbocycles. The zero-order valence-electron chi connectivity index (χ0n) is 13.7. The Hall–Kier alpha value is -1.85. The van der Waals surface area contributed by atoms with Crippen LogP contribution in [0.1, 0.15) is 24.8 Å². The molecule has 0 bridgehead atoms. The molecule has 126 valence electrons. The van der Waals surface area contributed by atoms with Crippen LogP contribution in [0.5, 0.6) is 0 Å². The molecule has 23 heavy (non-hydrogen) atoms. The molecule has 2 N–H and O–H groups in total. The number of benzene rings is 1. The van der Waals surface area contributed by atoms with Crippen LogP contribution in [0, 0.1) is 0 Å². The molecule has 0 radical (unpaired) electrons. The second-order valence-corrected chi connectivity index (χ2v) is 5.72. The molecule has 1 fully saturated rings. The first kappa shape index (κ1) is 17.5. The van der Waals surface area contributed by atoms with Crippen molar-refractivity contribution in [2.45, 2.75) is 38.0 Å². The summed E-state index contributed by atoms with van der Waals surface area (Å²) in [5.41, 5.74) is 0.990. The summed E-state index contributed by atoms with van der Waals surface area (Å²) in [5.74, 6) is 0. The molecule has 0 unspecified atom stereocenters. The summed E-state index contributed by atoms with van der Waals surface area (Å²) >= 11 is 0. The van der Waals surface area contributed by atoms with Gasteiger partial charge in [0.1, 0.15) is 6.61 Å². The number of amides is 1. The number of carbonyl (C=O) groups excluding carboxylic acids is 1. The number of alkyl carbamates (subject to hydrolysis) is 1. The largest absolute Gasteiger partial charge is 0.445 e. The molecule has 1 aliphatic heterocycles. The Kier molecular flexibility index (Phi) is 7.63. The van der Waals surface area contributed by atoms with Gasteiger partial charge in [0.2, 0.25) is 0 Å². The Morgan fingerprint density at radius 3 is 3.00 bits per heavy atom. The Labute approximate surface area is 138 Å². The lowest BCUT2D eigenvalue weighted by Gasteiger charge is -2.12. The Balaban J connectivity index is 1.62. The van der Waals surface area contributed by atoms with E-state index in [9.17, 15) is 4.79 Å². The van der Waals surface area contributed by atoms with Gasteiger partial charge < -0.3 is 20.1 Å². The molecule has 0 aliphatic carbocycles. The van der Waals surface area contributed by atoms with Gasteiger partial charge in [0.05, 0.1) is 0 Å². The average molecular weight is 318 g/mol. The topological polar surface area (TPSA) is 59.6 Å². The lowest BCUT2D eigenvalue weighted by atomic mass is 10.1. The molecule has 1 aliphatic rings. The van der Waals surface area contributed by atoms with Crippen LogP contribution in [0.2, 0.25) is 0 Å². The van der Waals surface area contributed by atoms with Crippen molar-refractivity contribution < 1.29 is 14.3 Å². The van der Waals surface area contributed by atoms with Crippen molar-refractivity contribution in [1.82, 2.24) is 10.6 Å². The first-order valence-electron chi connectivity index (χ1n) is 8.14. The van der Waals surface area contributed by atoms with Gasteiger partial charge in [-0.3, -0.25) is 0 Å². The third-order valence-corrected chi connectivity index (χ3v) is 3.79. The van der Waals surface area contributed by atoms with Crippen LogP contribution in [0.25, 0.3) is 0 Å². The second kappa shape index (κ2) is 10.0. The lowest BCUT2D eigenvalue weighted by Crippen LogP contribution is -2.36. The van der Waals surface area contributed by atoms with E-state index >= 15 is 0 Å². The summed E-state index contributed by atoms with van der Waals surface area (Å²) in [4.78, 5) is 11.8. The number of allylic oxidation sites excluding steroid dienone is 1. The number of rotatable bonds is 8. The van der Waals surface area contributed by atoms with Crippen LogP contribution in [0.4, 0.5) is 4.79 Å². The monoisotopic (exact) mass is 318 g/mol. The number of ether oxygens (including phenoxy) is 2. The molecule has 2 rings (SSSR count). The van der Waals surface area contributed by atoms with E-state index in [1.807, 2.05) is 30.3 Å². The highest BCUT2D eigenvalue weighted by atomic mass is 16.5. The molecule has 1 aromatic carbocycles. The molecule has 1 aromatic rings. The molecule has 1 amide bonds. The Morgan fingerprint density at radius 2 is 2.22 bits per heavy atom. The average Bonchev–Trinajstić information content (AvgIpc) is 3.01. The standard InChI is InChI=1S/C18H26N2O3/c1-22-11-7-3-6-10-16-12-17(13-19-16)20-18(21)23-14-15-8-4-2-5-9-15/h2,4-6,8-10,16-17,19H,3,7,11-14H2,1H3,(H,20,21)/b10-6-/t16-,17-/m1/s1. The minimum atomic E-state index is -0.356. The van der Waals surface area contributed by atoms with E-state index in [2.05, 4.69) is 22.8 Å². The van der Waals surface area contributed by atoms with Crippen LogP contribution >= 0.6 is 0 Å². The summed E-state index contributed by atoms with van der Waals surface area (Å²) in [6.07, 6.45) is 6.93. The molecular formula is C18H26N2O3. The number of carbonyl (C=O) groups is 1. The maximum absolute atomic E-state index is 11.8. The normalized spacial score (nSPS) is 20.7. The van der Waals surface area contributed by atoms with Crippen LogP contribution in [0.3, 0.4) is 0 Å². The Bertz CT molecular complexity index is 490. The number of unbranched alkanes of at least 4 members (excludes halogenated alkanes) is 1. The van der Waals surface area contributed by atoms with Gasteiger partial charge >= 0.3 is 6.09 Å². The first-order valence-corrected chi connectivity index (χ1v) is 8.14. The zero-order valence-corrected chi connectivity index (χ0v) is 13.7. The molecule has 1 heterocycles. The van der Waals surface area contributed by atoms with Crippen molar-refractivity contribution in [2.75, 3.05) is 20.3 Å². The lowest BCUT2D eigenvalue weighted by molar-refractivity contribution is 0.136. The van der Waals surface area contributed by atoms with E-state index in [-0.39, 0.29) is 12.1 Å². The first-order chi connectivity index (χ1) is 11.3. The highest BCUT2D eigenvalue weighted by Gasteiger charge is 2.23. The van der Waals surface area contributed by atoms with Crippen molar-refractivity contribution in [3.63, 3.8) is 0 Å². The molecule has 1 saturated heterocycles. The van der Waals surface area contributed by atoms with Crippen LogP contribution in [0.15, 0.2) is 42.5 Å². The molecule has 0 aromatic heterocycles. The SMILES string of the molecule is COCCC/C=C\[C@@H]1C[C@@H](NC(=O)OCc2ccccc2)CN1. The van der Waals surface area contributed by atoms with E-state index in [1.165, 1.54) is 0 Å². The van der Waals surface area contributed by atoms with Gasteiger partial charge in [-0.2, -0.15) is 0 Å². The quantitative estimate of drug-likeness (QED) is 0.571. The molecule has 2 atom stereocenters.